The molecule has 1 N–H and O–H groups in total. The molecule has 21 heavy (non-hydrogen) atoms. The van der Waals surface area contributed by atoms with Crippen LogP contribution in [0.1, 0.15) is 10.6 Å². The molecular weight excluding hydrogens is 350 g/mol. The molecule has 1 heterocycles. The van der Waals surface area contributed by atoms with E-state index >= 15 is 0 Å². The van der Waals surface area contributed by atoms with Crippen LogP contribution in [0.25, 0.3) is 11.0 Å². The van der Waals surface area contributed by atoms with E-state index in [2.05, 4.69) is 21.2 Å². The largest absolute Gasteiger partial charge is 0.451 e. The first-order valence-corrected chi connectivity index (χ1v) is 8.32. The molecule has 0 aliphatic heterocycles. The third-order valence-electron chi connectivity index (χ3n) is 3.06. The molecule has 0 bridgehead atoms. The van der Waals surface area contributed by atoms with Gasteiger partial charge in [0.15, 0.2) is 5.76 Å². The topological polar surface area (TPSA) is 42.2 Å². The molecule has 0 aliphatic rings. The van der Waals surface area contributed by atoms with E-state index < -0.39 is 0 Å². The average molecular weight is 362 g/mol. The summed E-state index contributed by atoms with van der Waals surface area (Å²) in [6.07, 6.45) is 2.00. The summed E-state index contributed by atoms with van der Waals surface area (Å²) in [6.45, 7) is 0. The minimum Gasteiger partial charge on any atom is -0.451 e. The molecule has 0 saturated carbocycles. The van der Waals surface area contributed by atoms with Gasteiger partial charge in [-0.1, -0.05) is 28.1 Å². The summed E-state index contributed by atoms with van der Waals surface area (Å²) in [5.41, 5.74) is 1.44. The van der Waals surface area contributed by atoms with Crippen LogP contribution in [0.3, 0.4) is 0 Å². The number of hydrogen-bond donors (Lipinski definition) is 1. The molecule has 5 heteroatoms. The molecule has 3 rings (SSSR count). The standard InChI is InChI=1S/C16H12BrNO2S/c1-21-11-5-2-4-10(8-11)18-16(19)15-9-12-13(17)6-3-7-14(12)20-15/h2-9H,1H3,(H,18,19). The van der Waals surface area contributed by atoms with Gasteiger partial charge in [-0.25, -0.2) is 0 Å². The van der Waals surface area contributed by atoms with Crippen molar-refractivity contribution in [3.8, 4) is 0 Å². The Morgan fingerprint density at radius 3 is 2.76 bits per heavy atom. The van der Waals surface area contributed by atoms with Crippen LogP contribution in [0.15, 0.2) is 62.3 Å². The second-order valence-electron chi connectivity index (χ2n) is 4.45. The third kappa shape index (κ3) is 2.99. The lowest BCUT2D eigenvalue weighted by molar-refractivity contribution is 0.0998. The highest BCUT2D eigenvalue weighted by Gasteiger charge is 2.14. The predicted octanol–water partition coefficient (Wildman–Crippen LogP) is 5.17. The van der Waals surface area contributed by atoms with Crippen molar-refractivity contribution >= 4 is 50.3 Å². The molecule has 0 saturated heterocycles. The van der Waals surface area contributed by atoms with Gasteiger partial charge in [0.2, 0.25) is 0 Å². The average Bonchev–Trinajstić information content (AvgIpc) is 2.93. The van der Waals surface area contributed by atoms with Crippen molar-refractivity contribution in [1.29, 1.82) is 0 Å². The van der Waals surface area contributed by atoms with Crippen molar-refractivity contribution < 1.29 is 9.21 Å². The Bertz CT molecular complexity index is 813. The number of carbonyl (C=O) groups is 1. The fraction of sp³-hybridized carbons (Fsp3) is 0.0625. The first-order valence-electron chi connectivity index (χ1n) is 6.31. The molecule has 106 valence electrons. The van der Waals surface area contributed by atoms with E-state index in [0.717, 1.165) is 20.4 Å². The van der Waals surface area contributed by atoms with E-state index in [9.17, 15) is 4.79 Å². The van der Waals surface area contributed by atoms with Crippen LogP contribution < -0.4 is 5.32 Å². The van der Waals surface area contributed by atoms with Crippen LogP contribution in [0, 0.1) is 0 Å². The van der Waals surface area contributed by atoms with Gasteiger partial charge >= 0.3 is 0 Å². The summed E-state index contributed by atoms with van der Waals surface area (Å²) in [5, 5.41) is 3.74. The number of amides is 1. The molecule has 3 aromatic rings. The number of thioether (sulfide) groups is 1. The zero-order valence-corrected chi connectivity index (χ0v) is 13.6. The van der Waals surface area contributed by atoms with Crippen LogP contribution in [-0.2, 0) is 0 Å². The van der Waals surface area contributed by atoms with E-state index in [-0.39, 0.29) is 5.91 Å². The molecule has 0 unspecified atom stereocenters. The number of anilines is 1. The summed E-state index contributed by atoms with van der Waals surface area (Å²) < 4.78 is 6.50. The number of nitrogens with one attached hydrogen (secondary N) is 1. The van der Waals surface area contributed by atoms with E-state index in [1.54, 1.807) is 17.8 Å². The van der Waals surface area contributed by atoms with Crippen molar-refractivity contribution in [2.24, 2.45) is 0 Å². The predicted molar refractivity (Wildman–Crippen MR) is 90.1 cm³/mol. The Kier molecular flexibility index (Phi) is 4.03. The first kappa shape index (κ1) is 14.2. The molecular formula is C16H12BrNO2S. The van der Waals surface area contributed by atoms with Gasteiger partial charge < -0.3 is 9.73 Å². The molecule has 0 fully saturated rings. The molecule has 0 spiro atoms. The lowest BCUT2D eigenvalue weighted by Gasteiger charge is -2.04. The van der Waals surface area contributed by atoms with Gasteiger partial charge in [-0.3, -0.25) is 4.79 Å². The van der Waals surface area contributed by atoms with E-state index in [1.165, 1.54) is 0 Å². The van der Waals surface area contributed by atoms with Gasteiger partial charge in [0.25, 0.3) is 5.91 Å². The second-order valence-corrected chi connectivity index (χ2v) is 6.18. The molecule has 0 atom stereocenters. The third-order valence-corrected chi connectivity index (χ3v) is 4.48. The fourth-order valence-corrected chi connectivity index (χ4v) is 2.95. The van der Waals surface area contributed by atoms with E-state index in [4.69, 9.17) is 4.42 Å². The Balaban J connectivity index is 1.88. The Labute approximate surface area is 134 Å². The minimum absolute atomic E-state index is 0.253. The molecule has 2 aromatic carbocycles. The normalized spacial score (nSPS) is 10.8. The number of furan rings is 1. The summed E-state index contributed by atoms with van der Waals surface area (Å²) in [5.74, 6) is 0.0443. The number of carbonyl (C=O) groups excluding carboxylic acids is 1. The van der Waals surface area contributed by atoms with Crippen molar-refractivity contribution in [2.45, 2.75) is 4.90 Å². The van der Waals surface area contributed by atoms with E-state index in [1.807, 2.05) is 48.7 Å². The number of hydrogen-bond acceptors (Lipinski definition) is 3. The van der Waals surface area contributed by atoms with Crippen LogP contribution in [0.4, 0.5) is 5.69 Å². The van der Waals surface area contributed by atoms with Crippen molar-refractivity contribution in [1.82, 2.24) is 0 Å². The van der Waals surface area contributed by atoms with Crippen LogP contribution in [0.5, 0.6) is 0 Å². The molecule has 1 aromatic heterocycles. The molecule has 0 radical (unpaired) electrons. The Hall–Kier alpha value is -1.72. The van der Waals surface area contributed by atoms with Crippen molar-refractivity contribution in [3.63, 3.8) is 0 Å². The highest BCUT2D eigenvalue weighted by molar-refractivity contribution is 9.10. The number of fused-ring (bicyclic) bond motifs is 1. The van der Waals surface area contributed by atoms with Crippen LogP contribution in [0.2, 0.25) is 0 Å². The lowest BCUT2D eigenvalue weighted by atomic mass is 10.2. The Morgan fingerprint density at radius 1 is 1.19 bits per heavy atom. The van der Waals surface area contributed by atoms with Gasteiger partial charge in [0.1, 0.15) is 5.58 Å². The lowest BCUT2D eigenvalue weighted by Crippen LogP contribution is -2.10. The first-order chi connectivity index (χ1) is 10.2. The van der Waals surface area contributed by atoms with Gasteiger partial charge in [-0.05, 0) is 42.7 Å². The van der Waals surface area contributed by atoms with Gasteiger partial charge in [-0.15, -0.1) is 11.8 Å². The minimum atomic E-state index is -0.253. The molecule has 3 nitrogen and oxygen atoms in total. The van der Waals surface area contributed by atoms with Gasteiger partial charge in [0.05, 0.1) is 0 Å². The molecule has 0 aliphatic carbocycles. The van der Waals surface area contributed by atoms with Gasteiger partial charge in [0, 0.05) is 20.4 Å². The van der Waals surface area contributed by atoms with Gasteiger partial charge in [-0.2, -0.15) is 0 Å². The number of benzene rings is 2. The summed E-state index contributed by atoms with van der Waals surface area (Å²) >= 11 is 5.08. The Morgan fingerprint density at radius 2 is 2.00 bits per heavy atom. The number of rotatable bonds is 3. The highest BCUT2D eigenvalue weighted by atomic mass is 79.9. The number of halogens is 1. The maximum absolute atomic E-state index is 12.3. The fourth-order valence-electron chi connectivity index (χ4n) is 2.03. The van der Waals surface area contributed by atoms with Crippen molar-refractivity contribution in [3.05, 3.63) is 58.8 Å². The molecule has 1 amide bonds. The summed E-state index contributed by atoms with van der Waals surface area (Å²) in [4.78, 5) is 13.4. The maximum atomic E-state index is 12.3. The zero-order valence-electron chi connectivity index (χ0n) is 11.2. The summed E-state index contributed by atoms with van der Waals surface area (Å²) in [6, 6.07) is 15.1. The smallest absolute Gasteiger partial charge is 0.291 e. The quantitative estimate of drug-likeness (QED) is 0.654. The second kappa shape index (κ2) is 5.95. The summed E-state index contributed by atoms with van der Waals surface area (Å²) in [7, 11) is 0. The highest BCUT2D eigenvalue weighted by Crippen LogP contribution is 2.27. The van der Waals surface area contributed by atoms with Crippen LogP contribution >= 0.6 is 27.7 Å². The monoisotopic (exact) mass is 361 g/mol. The zero-order chi connectivity index (χ0) is 14.8. The SMILES string of the molecule is CSc1cccc(NC(=O)c2cc3c(Br)cccc3o2)c1. The maximum Gasteiger partial charge on any atom is 0.291 e. The van der Waals surface area contributed by atoms with Crippen LogP contribution in [-0.4, -0.2) is 12.2 Å². The van der Waals surface area contributed by atoms with E-state index in [0.29, 0.717) is 11.3 Å². The van der Waals surface area contributed by atoms with Crippen molar-refractivity contribution in [2.75, 3.05) is 11.6 Å².